The lowest BCUT2D eigenvalue weighted by molar-refractivity contribution is -0.123. The summed E-state index contributed by atoms with van der Waals surface area (Å²) in [7, 11) is 0. The van der Waals surface area contributed by atoms with Crippen molar-refractivity contribution in [3.8, 4) is 0 Å². The number of allylic oxidation sites excluding steroid dienone is 3. The lowest BCUT2D eigenvalue weighted by Gasteiger charge is -2.19. The van der Waals surface area contributed by atoms with Crippen LogP contribution in [0.5, 0.6) is 0 Å². The first-order chi connectivity index (χ1) is 32.2. The van der Waals surface area contributed by atoms with Gasteiger partial charge in [-0.15, -0.1) is 0 Å². The Morgan fingerprint density at radius 1 is 0.354 bits per heavy atom. The highest BCUT2D eigenvalue weighted by atomic mass is 16.3. The van der Waals surface area contributed by atoms with Crippen LogP contribution in [0.3, 0.4) is 0 Å². The topological polar surface area (TPSA) is 69.6 Å². The van der Waals surface area contributed by atoms with Gasteiger partial charge in [-0.2, -0.15) is 0 Å². The van der Waals surface area contributed by atoms with E-state index in [-0.39, 0.29) is 12.5 Å². The van der Waals surface area contributed by atoms with E-state index in [0.717, 1.165) is 32.1 Å². The molecule has 0 heterocycles. The van der Waals surface area contributed by atoms with Crippen molar-refractivity contribution >= 4 is 5.91 Å². The van der Waals surface area contributed by atoms with Crippen molar-refractivity contribution in [1.82, 2.24) is 5.32 Å². The number of rotatable bonds is 56. The number of carbonyl (C=O) groups is 1. The third kappa shape index (κ3) is 53.7. The molecular formula is C61H119NO3. The summed E-state index contributed by atoms with van der Waals surface area (Å²) in [5, 5.41) is 23.0. The van der Waals surface area contributed by atoms with Crippen LogP contribution in [0, 0.1) is 0 Å². The highest BCUT2D eigenvalue weighted by Gasteiger charge is 2.18. The van der Waals surface area contributed by atoms with Gasteiger partial charge in [0.25, 0.3) is 0 Å². The minimum Gasteiger partial charge on any atom is -0.394 e. The Balaban J connectivity index is 3.34. The van der Waals surface area contributed by atoms with Crippen LogP contribution in [0.25, 0.3) is 0 Å². The molecule has 386 valence electrons. The van der Waals surface area contributed by atoms with Crippen LogP contribution in [0.2, 0.25) is 0 Å². The Labute approximate surface area is 409 Å². The molecule has 0 saturated carbocycles. The summed E-state index contributed by atoms with van der Waals surface area (Å²) in [5.74, 6) is -0.0681. The zero-order valence-corrected chi connectivity index (χ0v) is 44.5. The average molecular weight is 915 g/mol. The molecule has 3 N–H and O–H groups in total. The molecule has 0 aliphatic heterocycles. The number of aliphatic hydroxyl groups excluding tert-OH is 2. The third-order valence-electron chi connectivity index (χ3n) is 14.2. The lowest BCUT2D eigenvalue weighted by Crippen LogP contribution is -2.45. The fraction of sp³-hybridized carbons (Fsp3) is 0.918. The van der Waals surface area contributed by atoms with E-state index in [4.69, 9.17) is 0 Å². The number of hydrogen-bond acceptors (Lipinski definition) is 3. The first-order valence-corrected chi connectivity index (χ1v) is 30.1. The van der Waals surface area contributed by atoms with Gasteiger partial charge < -0.3 is 15.5 Å². The van der Waals surface area contributed by atoms with Gasteiger partial charge in [-0.1, -0.05) is 327 Å². The van der Waals surface area contributed by atoms with Gasteiger partial charge in [-0.3, -0.25) is 4.79 Å². The molecule has 0 saturated heterocycles. The summed E-state index contributed by atoms with van der Waals surface area (Å²) in [4.78, 5) is 12.4. The Hall–Kier alpha value is -1.13. The zero-order chi connectivity index (χ0) is 47.0. The normalized spacial score (nSPS) is 12.9. The Morgan fingerprint density at radius 2 is 0.600 bits per heavy atom. The van der Waals surface area contributed by atoms with E-state index >= 15 is 0 Å². The fourth-order valence-corrected chi connectivity index (χ4v) is 9.61. The molecule has 2 unspecified atom stereocenters. The number of hydrogen-bond donors (Lipinski definition) is 3. The summed E-state index contributed by atoms with van der Waals surface area (Å²) in [6, 6.07) is -0.635. The number of amides is 1. The van der Waals surface area contributed by atoms with Gasteiger partial charge in [-0.05, 0) is 32.1 Å². The second kappa shape index (κ2) is 57.2. The zero-order valence-electron chi connectivity index (χ0n) is 44.5. The first kappa shape index (κ1) is 63.9. The number of unbranched alkanes of at least 4 members (excludes halogenated alkanes) is 47. The molecule has 0 aromatic rings. The summed E-state index contributed by atoms with van der Waals surface area (Å²) in [6.45, 7) is 4.31. The minimum absolute atomic E-state index is 0.0681. The number of nitrogens with one attached hydrogen (secondary N) is 1. The molecule has 0 bridgehead atoms. The van der Waals surface area contributed by atoms with Crippen molar-refractivity contribution in [2.75, 3.05) is 6.61 Å². The molecule has 0 radical (unpaired) electrons. The molecule has 4 nitrogen and oxygen atoms in total. The first-order valence-electron chi connectivity index (χ1n) is 30.1. The Kier molecular flexibility index (Phi) is 56.2. The summed E-state index contributed by atoms with van der Waals surface area (Å²) < 4.78 is 0. The van der Waals surface area contributed by atoms with E-state index < -0.39 is 12.1 Å². The average Bonchev–Trinajstić information content (AvgIpc) is 3.31. The van der Waals surface area contributed by atoms with Crippen molar-refractivity contribution in [2.45, 2.75) is 353 Å². The van der Waals surface area contributed by atoms with Gasteiger partial charge in [0.1, 0.15) is 0 Å². The van der Waals surface area contributed by atoms with Crippen LogP contribution in [0.4, 0.5) is 0 Å². The number of carbonyl (C=O) groups excluding carboxylic acids is 1. The van der Waals surface area contributed by atoms with Gasteiger partial charge in [0, 0.05) is 6.42 Å². The van der Waals surface area contributed by atoms with Crippen molar-refractivity contribution in [2.24, 2.45) is 0 Å². The fourth-order valence-electron chi connectivity index (χ4n) is 9.61. The highest BCUT2D eigenvalue weighted by molar-refractivity contribution is 5.76. The maximum atomic E-state index is 12.4. The maximum absolute atomic E-state index is 12.4. The molecule has 0 fully saturated rings. The monoisotopic (exact) mass is 914 g/mol. The van der Waals surface area contributed by atoms with Crippen molar-refractivity contribution in [3.63, 3.8) is 0 Å². The van der Waals surface area contributed by atoms with Crippen LogP contribution < -0.4 is 5.32 Å². The van der Waals surface area contributed by atoms with Crippen molar-refractivity contribution in [1.29, 1.82) is 0 Å². The predicted molar refractivity (Wildman–Crippen MR) is 290 cm³/mol. The van der Waals surface area contributed by atoms with Gasteiger partial charge in [-0.25, -0.2) is 0 Å². The second-order valence-electron chi connectivity index (χ2n) is 20.8. The molecule has 0 aromatic heterocycles. The smallest absolute Gasteiger partial charge is 0.220 e. The molecule has 0 aliphatic rings. The van der Waals surface area contributed by atoms with Crippen LogP contribution in [0.1, 0.15) is 341 Å². The van der Waals surface area contributed by atoms with Gasteiger partial charge in [0.2, 0.25) is 5.91 Å². The molecule has 4 heteroatoms. The standard InChI is InChI=1S/C61H119NO3/c1-3-5-7-9-11-13-15-17-18-19-20-21-22-23-24-25-26-27-28-29-30-31-32-33-34-35-36-37-38-39-40-41-42-43-45-47-49-51-53-55-57-61(65)62-59(58-63)60(64)56-54-52-50-48-46-44-16-14-12-10-8-6-4-2/h46,48,54,56,59-60,63-64H,3-45,47,49-53,55,57-58H2,1-2H3,(H,62,65)/b48-46+,56-54+. The summed E-state index contributed by atoms with van der Waals surface area (Å²) >= 11 is 0. The van der Waals surface area contributed by atoms with Crippen LogP contribution in [-0.2, 0) is 4.79 Å². The minimum atomic E-state index is -0.858. The molecule has 2 atom stereocenters. The van der Waals surface area contributed by atoms with E-state index in [1.54, 1.807) is 6.08 Å². The van der Waals surface area contributed by atoms with E-state index in [9.17, 15) is 15.0 Å². The van der Waals surface area contributed by atoms with E-state index in [0.29, 0.717) is 6.42 Å². The molecule has 65 heavy (non-hydrogen) atoms. The van der Waals surface area contributed by atoms with Crippen LogP contribution in [-0.4, -0.2) is 34.9 Å². The SMILES string of the molecule is CCCCCCCCC/C=C/CC/C=C/C(O)C(CO)NC(=O)CCCCCCCCCCCCCCCCCCCCCCCCCCCCCCCCCCCCCCCCCC. The van der Waals surface area contributed by atoms with Gasteiger partial charge >= 0.3 is 0 Å². The second-order valence-corrected chi connectivity index (χ2v) is 20.8. The third-order valence-corrected chi connectivity index (χ3v) is 14.2. The maximum Gasteiger partial charge on any atom is 0.220 e. The Morgan fingerprint density at radius 3 is 0.892 bits per heavy atom. The van der Waals surface area contributed by atoms with Gasteiger partial charge in [0.15, 0.2) is 0 Å². The van der Waals surface area contributed by atoms with Crippen molar-refractivity contribution < 1.29 is 15.0 Å². The molecular weight excluding hydrogens is 795 g/mol. The molecule has 1 amide bonds. The molecule has 0 aliphatic carbocycles. The predicted octanol–water partition coefficient (Wildman–Crippen LogP) is 19.9. The van der Waals surface area contributed by atoms with E-state index in [1.165, 1.54) is 289 Å². The van der Waals surface area contributed by atoms with Crippen molar-refractivity contribution in [3.05, 3.63) is 24.3 Å². The van der Waals surface area contributed by atoms with Gasteiger partial charge in [0.05, 0.1) is 18.8 Å². The largest absolute Gasteiger partial charge is 0.394 e. The summed E-state index contributed by atoms with van der Waals surface area (Å²) in [5.41, 5.74) is 0. The van der Waals surface area contributed by atoms with Crippen LogP contribution >= 0.6 is 0 Å². The highest BCUT2D eigenvalue weighted by Crippen LogP contribution is 2.18. The molecule has 0 rings (SSSR count). The molecule has 0 aromatic carbocycles. The van der Waals surface area contributed by atoms with E-state index in [2.05, 4.69) is 31.3 Å². The lowest BCUT2D eigenvalue weighted by atomic mass is 10.0. The Bertz CT molecular complexity index is 947. The molecule has 0 spiro atoms. The van der Waals surface area contributed by atoms with Crippen LogP contribution in [0.15, 0.2) is 24.3 Å². The quantitative estimate of drug-likeness (QED) is 0.0421. The summed E-state index contributed by atoms with van der Waals surface area (Å²) in [6.07, 6.45) is 76.7. The number of aliphatic hydroxyl groups is 2. The van der Waals surface area contributed by atoms with E-state index in [1.807, 2.05) is 6.08 Å².